The van der Waals surface area contributed by atoms with Gasteiger partial charge in [0.2, 0.25) is 0 Å². The second-order valence-corrected chi connectivity index (χ2v) is 3.21. The fourth-order valence-corrected chi connectivity index (χ4v) is 1.10. The smallest absolute Gasteiger partial charge is 0.115 e. The number of nitrogens with two attached hydrogens (primary N) is 1. The molecule has 0 aliphatic carbocycles. The number of aromatic hydroxyl groups is 1. The van der Waals surface area contributed by atoms with Crippen molar-refractivity contribution in [1.82, 2.24) is 0 Å². The zero-order valence-corrected chi connectivity index (χ0v) is 8.07. The number of likely N-dealkylation sites (N-methyl/N-ethyl adjacent to an activating group) is 1. The van der Waals surface area contributed by atoms with Gasteiger partial charge in [-0.1, -0.05) is 0 Å². The van der Waals surface area contributed by atoms with E-state index >= 15 is 0 Å². The van der Waals surface area contributed by atoms with Crippen molar-refractivity contribution in [3.05, 3.63) is 24.3 Å². The van der Waals surface area contributed by atoms with Crippen molar-refractivity contribution in [2.45, 2.75) is 13.0 Å². The van der Waals surface area contributed by atoms with Gasteiger partial charge in [-0.3, -0.25) is 0 Å². The van der Waals surface area contributed by atoms with Gasteiger partial charge in [0, 0.05) is 25.3 Å². The fraction of sp³-hybridized carbons (Fsp3) is 0.400. The van der Waals surface area contributed by atoms with Crippen LogP contribution in [0.1, 0.15) is 6.92 Å². The van der Waals surface area contributed by atoms with Crippen LogP contribution in [0, 0.1) is 0 Å². The summed E-state index contributed by atoms with van der Waals surface area (Å²) in [6.45, 7) is 2.68. The first-order valence-corrected chi connectivity index (χ1v) is 4.37. The summed E-state index contributed by atoms with van der Waals surface area (Å²) in [7, 11) is 1.99. The number of phenolic OH excluding ortho intramolecular Hbond substituents is 1. The van der Waals surface area contributed by atoms with E-state index in [1.807, 2.05) is 19.2 Å². The Bertz CT molecular complexity index is 258. The monoisotopic (exact) mass is 180 g/mol. The predicted octanol–water partition coefficient (Wildman–Crippen LogP) is 1.18. The molecule has 0 spiro atoms. The number of hydrogen-bond acceptors (Lipinski definition) is 3. The van der Waals surface area contributed by atoms with Gasteiger partial charge in [-0.2, -0.15) is 0 Å². The lowest BCUT2D eigenvalue weighted by Crippen LogP contribution is -2.35. The van der Waals surface area contributed by atoms with Gasteiger partial charge in [-0.05, 0) is 31.2 Å². The molecule has 72 valence electrons. The zero-order valence-electron chi connectivity index (χ0n) is 8.07. The van der Waals surface area contributed by atoms with E-state index in [1.54, 1.807) is 12.1 Å². The van der Waals surface area contributed by atoms with Crippen molar-refractivity contribution in [2.24, 2.45) is 5.73 Å². The number of rotatable bonds is 3. The molecule has 0 aromatic heterocycles. The van der Waals surface area contributed by atoms with Gasteiger partial charge in [-0.15, -0.1) is 0 Å². The van der Waals surface area contributed by atoms with E-state index in [0.717, 1.165) is 5.69 Å². The first-order valence-electron chi connectivity index (χ1n) is 4.37. The first kappa shape index (κ1) is 9.86. The van der Waals surface area contributed by atoms with Crippen molar-refractivity contribution < 1.29 is 5.11 Å². The number of hydrogen-bond donors (Lipinski definition) is 2. The molecule has 1 aromatic rings. The van der Waals surface area contributed by atoms with Crippen molar-refractivity contribution in [3.63, 3.8) is 0 Å². The Labute approximate surface area is 78.8 Å². The third kappa shape index (κ3) is 2.36. The molecule has 3 nitrogen and oxygen atoms in total. The normalized spacial score (nSPS) is 12.5. The number of nitrogens with zero attached hydrogens (tertiary/aromatic N) is 1. The lowest BCUT2D eigenvalue weighted by atomic mass is 10.2. The molecular weight excluding hydrogens is 164 g/mol. The van der Waals surface area contributed by atoms with E-state index in [9.17, 15) is 0 Å². The molecule has 3 heteroatoms. The van der Waals surface area contributed by atoms with E-state index in [4.69, 9.17) is 10.8 Å². The summed E-state index contributed by atoms with van der Waals surface area (Å²) in [5, 5.41) is 9.09. The molecule has 1 aromatic carbocycles. The van der Waals surface area contributed by atoms with E-state index < -0.39 is 0 Å². The van der Waals surface area contributed by atoms with Crippen LogP contribution >= 0.6 is 0 Å². The van der Waals surface area contributed by atoms with Gasteiger partial charge in [-0.25, -0.2) is 0 Å². The highest BCUT2D eigenvalue weighted by atomic mass is 16.3. The Morgan fingerprint density at radius 2 is 1.92 bits per heavy atom. The standard InChI is InChI=1S/C10H16N2O/c1-8(7-11)12(2)9-3-5-10(13)6-4-9/h3-6,8,13H,7,11H2,1-2H3. The largest absolute Gasteiger partial charge is 0.508 e. The number of phenols is 1. The molecule has 0 saturated heterocycles. The maximum absolute atomic E-state index is 9.09. The summed E-state index contributed by atoms with van der Waals surface area (Å²) in [4.78, 5) is 2.08. The lowest BCUT2D eigenvalue weighted by Gasteiger charge is -2.25. The molecule has 0 aliphatic rings. The van der Waals surface area contributed by atoms with E-state index in [1.165, 1.54) is 0 Å². The Morgan fingerprint density at radius 3 is 2.38 bits per heavy atom. The van der Waals surface area contributed by atoms with Gasteiger partial charge >= 0.3 is 0 Å². The molecule has 0 amide bonds. The van der Waals surface area contributed by atoms with Gasteiger partial charge in [0.1, 0.15) is 5.75 Å². The van der Waals surface area contributed by atoms with Gasteiger partial charge < -0.3 is 15.7 Å². The third-order valence-corrected chi connectivity index (χ3v) is 2.26. The summed E-state index contributed by atoms with van der Waals surface area (Å²) in [6, 6.07) is 7.41. The van der Waals surface area contributed by atoms with Crippen molar-refractivity contribution >= 4 is 5.69 Å². The highest BCUT2D eigenvalue weighted by Gasteiger charge is 2.06. The molecule has 0 radical (unpaired) electrons. The molecule has 0 heterocycles. The Morgan fingerprint density at radius 1 is 1.38 bits per heavy atom. The van der Waals surface area contributed by atoms with Gasteiger partial charge in [0.15, 0.2) is 0 Å². The highest BCUT2D eigenvalue weighted by Crippen LogP contribution is 2.18. The average Bonchev–Trinajstić information content (AvgIpc) is 2.17. The van der Waals surface area contributed by atoms with E-state index in [2.05, 4.69) is 11.8 Å². The number of anilines is 1. The minimum atomic E-state index is 0.289. The molecule has 0 aliphatic heterocycles. The van der Waals surface area contributed by atoms with Crippen molar-refractivity contribution in [1.29, 1.82) is 0 Å². The maximum atomic E-state index is 9.09. The van der Waals surface area contributed by atoms with Crippen LogP contribution in [0.3, 0.4) is 0 Å². The van der Waals surface area contributed by atoms with Crippen LogP contribution in [-0.4, -0.2) is 24.7 Å². The van der Waals surface area contributed by atoms with Crippen LogP contribution in [0.4, 0.5) is 5.69 Å². The summed E-state index contributed by atoms with van der Waals surface area (Å²) in [6.07, 6.45) is 0. The SMILES string of the molecule is CC(CN)N(C)c1ccc(O)cc1. The zero-order chi connectivity index (χ0) is 9.84. The van der Waals surface area contributed by atoms with E-state index in [0.29, 0.717) is 12.6 Å². The van der Waals surface area contributed by atoms with Crippen molar-refractivity contribution in [3.8, 4) is 5.75 Å². The molecule has 3 N–H and O–H groups in total. The maximum Gasteiger partial charge on any atom is 0.115 e. The summed E-state index contributed by atoms with van der Waals surface area (Å²) >= 11 is 0. The molecular formula is C10H16N2O. The second kappa shape index (κ2) is 4.14. The summed E-state index contributed by atoms with van der Waals surface area (Å²) in [5.74, 6) is 0.289. The summed E-state index contributed by atoms with van der Waals surface area (Å²) in [5.41, 5.74) is 6.61. The molecule has 0 saturated carbocycles. The van der Waals surface area contributed by atoms with E-state index in [-0.39, 0.29) is 5.75 Å². The number of benzene rings is 1. The average molecular weight is 180 g/mol. The molecule has 0 bridgehead atoms. The Balaban J connectivity index is 2.77. The van der Waals surface area contributed by atoms with Crippen LogP contribution in [0.15, 0.2) is 24.3 Å². The minimum Gasteiger partial charge on any atom is -0.508 e. The Hall–Kier alpha value is -1.22. The third-order valence-electron chi connectivity index (χ3n) is 2.26. The molecule has 1 atom stereocenters. The molecule has 0 fully saturated rings. The van der Waals surface area contributed by atoms with Crippen LogP contribution in [0.5, 0.6) is 5.75 Å². The van der Waals surface area contributed by atoms with Gasteiger partial charge in [0.05, 0.1) is 0 Å². The second-order valence-electron chi connectivity index (χ2n) is 3.21. The predicted molar refractivity (Wildman–Crippen MR) is 55.0 cm³/mol. The van der Waals surface area contributed by atoms with Crippen LogP contribution < -0.4 is 10.6 Å². The van der Waals surface area contributed by atoms with Crippen molar-refractivity contribution in [2.75, 3.05) is 18.5 Å². The fourth-order valence-electron chi connectivity index (χ4n) is 1.10. The summed E-state index contributed by atoms with van der Waals surface area (Å²) < 4.78 is 0. The minimum absolute atomic E-state index is 0.289. The topological polar surface area (TPSA) is 49.5 Å². The lowest BCUT2D eigenvalue weighted by molar-refractivity contribution is 0.475. The van der Waals surface area contributed by atoms with Gasteiger partial charge in [0.25, 0.3) is 0 Å². The van der Waals surface area contributed by atoms with Crippen LogP contribution in [0.25, 0.3) is 0 Å². The Kier molecular flexibility index (Phi) is 3.14. The van der Waals surface area contributed by atoms with Crippen LogP contribution in [0.2, 0.25) is 0 Å². The molecule has 1 unspecified atom stereocenters. The molecule has 13 heavy (non-hydrogen) atoms. The highest BCUT2D eigenvalue weighted by molar-refractivity contribution is 5.48. The quantitative estimate of drug-likeness (QED) is 0.734. The molecule has 1 rings (SSSR count). The van der Waals surface area contributed by atoms with Crippen LogP contribution in [-0.2, 0) is 0 Å². The first-order chi connectivity index (χ1) is 6.15.